The number of carbonyl (C=O) groups excluding carboxylic acids is 1. The minimum atomic E-state index is -2.62. The van der Waals surface area contributed by atoms with Crippen LogP contribution >= 0.6 is 0 Å². The second kappa shape index (κ2) is 5.25. The van der Waals surface area contributed by atoms with E-state index in [1.165, 1.54) is 4.90 Å². The number of anilines is 1. The van der Waals surface area contributed by atoms with Gasteiger partial charge in [0, 0.05) is 25.1 Å². The summed E-state index contributed by atoms with van der Waals surface area (Å²) in [6.45, 7) is 0.437. The zero-order valence-corrected chi connectivity index (χ0v) is 12.8. The van der Waals surface area contributed by atoms with Crippen LogP contribution in [0.3, 0.4) is 0 Å². The molecule has 1 aliphatic heterocycles. The van der Waals surface area contributed by atoms with Gasteiger partial charge >= 0.3 is 6.01 Å². The molecular formula is C16H16F2N4O2. The standard InChI is InChI=1S/C16H16F2N4O2/c17-16(18)9-15(16)6-7-22(10-15)12(23)8-19-14-21-20-13(24-14)11-4-2-1-3-5-11/h1-5H,6-10H2,(H,19,21). The molecule has 0 radical (unpaired) electrons. The highest BCUT2D eigenvalue weighted by Gasteiger charge is 2.72. The highest BCUT2D eigenvalue weighted by atomic mass is 19.3. The minimum absolute atomic E-state index is 0.0575. The van der Waals surface area contributed by atoms with Gasteiger partial charge in [-0.3, -0.25) is 4.79 Å². The number of nitrogens with one attached hydrogen (secondary N) is 1. The monoisotopic (exact) mass is 334 g/mol. The molecule has 1 atom stereocenters. The molecule has 1 N–H and O–H groups in total. The first kappa shape index (κ1) is 15.0. The Balaban J connectivity index is 1.33. The molecule has 24 heavy (non-hydrogen) atoms. The van der Waals surface area contributed by atoms with Crippen molar-refractivity contribution in [1.29, 1.82) is 0 Å². The van der Waals surface area contributed by atoms with Crippen molar-refractivity contribution in [2.75, 3.05) is 25.0 Å². The van der Waals surface area contributed by atoms with Crippen molar-refractivity contribution in [3.8, 4) is 11.5 Å². The molecule has 1 amide bonds. The smallest absolute Gasteiger partial charge is 0.316 e. The molecule has 2 aliphatic rings. The SMILES string of the molecule is O=C(CNc1nnc(-c2ccccc2)o1)N1CCC2(C1)CC2(F)F. The number of hydrogen-bond donors (Lipinski definition) is 1. The van der Waals surface area contributed by atoms with Gasteiger partial charge in [0.2, 0.25) is 11.8 Å². The van der Waals surface area contributed by atoms with Crippen LogP contribution in [0.25, 0.3) is 11.5 Å². The van der Waals surface area contributed by atoms with Crippen molar-refractivity contribution >= 4 is 11.9 Å². The average Bonchev–Trinajstić information content (AvgIpc) is 3.00. The molecule has 1 saturated carbocycles. The van der Waals surface area contributed by atoms with Crippen LogP contribution in [0.4, 0.5) is 14.8 Å². The molecular weight excluding hydrogens is 318 g/mol. The molecule has 2 aromatic rings. The molecule has 1 saturated heterocycles. The summed E-state index contributed by atoms with van der Waals surface area (Å²) in [5.41, 5.74) is -0.199. The number of hydrogen-bond acceptors (Lipinski definition) is 5. The summed E-state index contributed by atoms with van der Waals surface area (Å²) >= 11 is 0. The molecule has 6 nitrogen and oxygen atoms in total. The Morgan fingerprint density at radius 2 is 2.04 bits per heavy atom. The Bertz CT molecular complexity index is 764. The molecule has 4 rings (SSSR count). The second-order valence-electron chi connectivity index (χ2n) is 6.36. The fraction of sp³-hybridized carbons (Fsp3) is 0.438. The predicted octanol–water partition coefficient (Wildman–Crippen LogP) is 2.41. The molecule has 8 heteroatoms. The van der Waals surface area contributed by atoms with Gasteiger partial charge in [-0.2, -0.15) is 0 Å². The third kappa shape index (κ3) is 2.51. The van der Waals surface area contributed by atoms with Crippen LogP contribution in [0.5, 0.6) is 0 Å². The van der Waals surface area contributed by atoms with Crippen LogP contribution in [0, 0.1) is 5.41 Å². The van der Waals surface area contributed by atoms with E-state index in [0.717, 1.165) is 5.56 Å². The van der Waals surface area contributed by atoms with Crippen LogP contribution in [-0.4, -0.2) is 46.6 Å². The third-order valence-electron chi connectivity index (χ3n) is 4.75. The molecule has 1 unspecified atom stereocenters. The van der Waals surface area contributed by atoms with Gasteiger partial charge in [0.15, 0.2) is 0 Å². The van der Waals surface area contributed by atoms with Gasteiger partial charge in [0.1, 0.15) is 0 Å². The van der Waals surface area contributed by atoms with Crippen molar-refractivity contribution in [2.24, 2.45) is 5.41 Å². The zero-order chi connectivity index (χ0) is 16.8. The maximum atomic E-state index is 13.4. The maximum Gasteiger partial charge on any atom is 0.316 e. The van der Waals surface area contributed by atoms with Crippen molar-refractivity contribution < 1.29 is 18.0 Å². The third-order valence-corrected chi connectivity index (χ3v) is 4.75. The van der Waals surface area contributed by atoms with E-state index in [2.05, 4.69) is 15.5 Å². The summed E-state index contributed by atoms with van der Waals surface area (Å²) in [4.78, 5) is 13.6. The number of alkyl halides is 2. The Morgan fingerprint density at radius 3 is 2.71 bits per heavy atom. The quantitative estimate of drug-likeness (QED) is 0.930. The summed E-state index contributed by atoms with van der Waals surface area (Å²) in [5, 5.41) is 10.5. The van der Waals surface area contributed by atoms with Gasteiger partial charge in [-0.05, 0) is 18.6 Å². The summed E-state index contributed by atoms with van der Waals surface area (Å²) < 4.78 is 32.2. The van der Waals surface area contributed by atoms with E-state index in [9.17, 15) is 13.6 Å². The van der Waals surface area contributed by atoms with E-state index in [1.54, 1.807) is 0 Å². The molecule has 0 bridgehead atoms. The second-order valence-corrected chi connectivity index (χ2v) is 6.36. The number of aromatic nitrogens is 2. The number of likely N-dealkylation sites (tertiary alicyclic amines) is 1. The van der Waals surface area contributed by atoms with Gasteiger partial charge in [-0.15, -0.1) is 5.10 Å². The number of rotatable bonds is 4. The highest BCUT2D eigenvalue weighted by molar-refractivity contribution is 5.80. The summed E-state index contributed by atoms with van der Waals surface area (Å²) in [7, 11) is 0. The lowest BCUT2D eigenvalue weighted by molar-refractivity contribution is -0.128. The van der Waals surface area contributed by atoms with Crippen molar-refractivity contribution in [2.45, 2.75) is 18.8 Å². The fourth-order valence-corrected chi connectivity index (χ4v) is 3.16. The number of nitrogens with zero attached hydrogens (tertiary/aromatic N) is 3. The first-order valence-corrected chi connectivity index (χ1v) is 7.78. The van der Waals surface area contributed by atoms with E-state index in [1.807, 2.05) is 30.3 Å². The van der Waals surface area contributed by atoms with E-state index >= 15 is 0 Å². The summed E-state index contributed by atoms with van der Waals surface area (Å²) in [5.74, 6) is -2.51. The molecule has 2 heterocycles. The largest absolute Gasteiger partial charge is 0.403 e. The van der Waals surface area contributed by atoms with Crippen LogP contribution in [0.1, 0.15) is 12.8 Å². The molecule has 1 aromatic carbocycles. The van der Waals surface area contributed by atoms with E-state index in [4.69, 9.17) is 4.42 Å². The van der Waals surface area contributed by atoms with Gasteiger partial charge in [0.05, 0.1) is 12.0 Å². The number of halogens is 2. The fourth-order valence-electron chi connectivity index (χ4n) is 3.16. The molecule has 1 aliphatic carbocycles. The van der Waals surface area contributed by atoms with Gasteiger partial charge in [-0.1, -0.05) is 23.3 Å². The Hall–Kier alpha value is -2.51. The Morgan fingerprint density at radius 1 is 1.29 bits per heavy atom. The molecule has 1 aromatic heterocycles. The first-order valence-electron chi connectivity index (χ1n) is 7.78. The molecule has 1 spiro atoms. The normalized spacial score (nSPS) is 24.3. The Kier molecular flexibility index (Phi) is 3.29. The van der Waals surface area contributed by atoms with Crippen LogP contribution in [0.15, 0.2) is 34.7 Å². The number of amides is 1. The summed E-state index contributed by atoms with van der Waals surface area (Å²) in [6.07, 6.45) is 0.256. The zero-order valence-electron chi connectivity index (χ0n) is 12.8. The summed E-state index contributed by atoms with van der Waals surface area (Å²) in [6, 6.07) is 9.39. The number of carbonyl (C=O) groups is 1. The van der Waals surface area contributed by atoms with Gasteiger partial charge in [0.25, 0.3) is 5.92 Å². The lowest BCUT2D eigenvalue weighted by Crippen LogP contribution is -2.34. The van der Waals surface area contributed by atoms with Crippen molar-refractivity contribution in [3.05, 3.63) is 30.3 Å². The Labute approximate surface area is 136 Å². The lowest BCUT2D eigenvalue weighted by atomic mass is 10.1. The van der Waals surface area contributed by atoms with E-state index in [-0.39, 0.29) is 31.4 Å². The van der Waals surface area contributed by atoms with Gasteiger partial charge in [-0.25, -0.2) is 8.78 Å². The highest BCUT2D eigenvalue weighted by Crippen LogP contribution is 2.64. The topological polar surface area (TPSA) is 71.3 Å². The van der Waals surface area contributed by atoms with E-state index in [0.29, 0.717) is 18.9 Å². The van der Waals surface area contributed by atoms with Gasteiger partial charge < -0.3 is 14.6 Å². The molecule has 126 valence electrons. The average molecular weight is 334 g/mol. The lowest BCUT2D eigenvalue weighted by Gasteiger charge is -2.16. The van der Waals surface area contributed by atoms with Crippen LogP contribution < -0.4 is 5.32 Å². The van der Waals surface area contributed by atoms with Crippen LogP contribution in [0.2, 0.25) is 0 Å². The maximum absolute atomic E-state index is 13.4. The van der Waals surface area contributed by atoms with Crippen LogP contribution in [-0.2, 0) is 4.79 Å². The number of benzene rings is 1. The predicted molar refractivity (Wildman–Crippen MR) is 81.4 cm³/mol. The molecule has 2 fully saturated rings. The van der Waals surface area contributed by atoms with Crippen molar-refractivity contribution in [3.63, 3.8) is 0 Å². The van der Waals surface area contributed by atoms with E-state index < -0.39 is 11.3 Å². The minimum Gasteiger partial charge on any atom is -0.403 e. The van der Waals surface area contributed by atoms with Crippen molar-refractivity contribution in [1.82, 2.24) is 15.1 Å². The first-order chi connectivity index (χ1) is 11.5.